The second-order valence-corrected chi connectivity index (χ2v) is 9.84. The summed E-state index contributed by atoms with van der Waals surface area (Å²) in [4.78, 5) is 48.1. The molecule has 1 aliphatic rings. The topological polar surface area (TPSA) is 69.1 Å². The average molecular weight is 482 g/mol. The Kier molecular flexibility index (Phi) is 7.04. The highest BCUT2D eigenvalue weighted by Gasteiger charge is 2.30. The number of carbonyl (C=O) groups is 2. The van der Waals surface area contributed by atoms with Gasteiger partial charge in [0.25, 0.3) is 17.4 Å². The molecule has 2 amide bonds. The number of benzene rings is 1. The Balaban J connectivity index is 1.71. The molecule has 0 bridgehead atoms. The molecule has 0 radical (unpaired) electrons. The van der Waals surface area contributed by atoms with E-state index in [9.17, 15) is 14.4 Å². The van der Waals surface area contributed by atoms with Gasteiger partial charge in [-0.3, -0.25) is 14.4 Å². The number of rotatable bonds is 6. The number of aromatic nitrogens is 1. The average Bonchev–Trinajstić information content (AvgIpc) is 3.39. The van der Waals surface area contributed by atoms with Crippen LogP contribution in [0.1, 0.15) is 20.0 Å². The first-order valence-corrected chi connectivity index (χ1v) is 12.3. The van der Waals surface area contributed by atoms with Crippen molar-refractivity contribution in [2.24, 2.45) is 7.05 Å². The highest BCUT2D eigenvalue weighted by Crippen LogP contribution is 2.30. The Hall–Kier alpha value is -3.17. The van der Waals surface area contributed by atoms with E-state index in [0.717, 1.165) is 15.8 Å². The lowest BCUT2D eigenvalue weighted by Gasteiger charge is -2.37. The van der Waals surface area contributed by atoms with Crippen molar-refractivity contribution in [3.8, 4) is 0 Å². The van der Waals surface area contributed by atoms with Crippen molar-refractivity contribution >= 4 is 39.7 Å². The van der Waals surface area contributed by atoms with Crippen LogP contribution >= 0.6 is 11.3 Å². The lowest BCUT2D eigenvalue weighted by molar-refractivity contribution is 0.0746. The van der Waals surface area contributed by atoms with Crippen molar-refractivity contribution in [2.45, 2.75) is 0 Å². The van der Waals surface area contributed by atoms with Gasteiger partial charge in [0.15, 0.2) is 0 Å². The van der Waals surface area contributed by atoms with E-state index in [1.165, 1.54) is 11.3 Å². The standard InChI is InChI=1S/C25H31N5O3S/c1-26(2)11-12-27(3)24(32)21-22(18-8-5-6-9-19(18)28(4)25(21)33)29-13-15-30(16-14-29)23(31)20-10-7-17-34-20/h5-10,17H,11-16H2,1-4H3. The third kappa shape index (κ3) is 4.58. The number of amides is 2. The fraction of sp³-hybridized carbons (Fsp3) is 0.400. The normalized spacial score (nSPS) is 14.1. The Morgan fingerprint density at radius 1 is 0.971 bits per heavy atom. The number of likely N-dealkylation sites (N-methyl/N-ethyl adjacent to an activating group) is 2. The molecule has 4 rings (SSSR count). The Morgan fingerprint density at radius 3 is 2.32 bits per heavy atom. The van der Waals surface area contributed by atoms with Crippen LogP contribution < -0.4 is 10.5 Å². The summed E-state index contributed by atoms with van der Waals surface area (Å²) in [6.07, 6.45) is 0. The van der Waals surface area contributed by atoms with Crippen molar-refractivity contribution in [1.82, 2.24) is 19.3 Å². The van der Waals surface area contributed by atoms with Crippen LogP contribution in [-0.4, -0.2) is 91.5 Å². The van der Waals surface area contributed by atoms with Crippen LogP contribution in [0.2, 0.25) is 0 Å². The number of anilines is 1. The zero-order valence-corrected chi connectivity index (χ0v) is 21.0. The zero-order chi connectivity index (χ0) is 24.4. The van der Waals surface area contributed by atoms with Crippen LogP contribution in [0.25, 0.3) is 10.9 Å². The molecule has 1 aromatic carbocycles. The molecule has 0 aliphatic carbocycles. The SMILES string of the molecule is CN(C)CCN(C)C(=O)c1c(N2CCN(C(=O)c3cccs3)CC2)c2ccccc2n(C)c1=O. The number of para-hydroxylation sites is 1. The van der Waals surface area contributed by atoms with Crippen LogP contribution in [0, 0.1) is 0 Å². The molecule has 0 atom stereocenters. The number of thiophene rings is 1. The first kappa shape index (κ1) is 24.0. The maximum Gasteiger partial charge on any atom is 0.265 e. The molecular formula is C25H31N5O3S. The van der Waals surface area contributed by atoms with E-state index in [2.05, 4.69) is 4.90 Å². The van der Waals surface area contributed by atoms with Gasteiger partial charge in [-0.1, -0.05) is 24.3 Å². The number of nitrogens with zero attached hydrogens (tertiary/aromatic N) is 5. The van der Waals surface area contributed by atoms with Crippen molar-refractivity contribution in [2.75, 3.05) is 65.3 Å². The smallest absolute Gasteiger partial charge is 0.265 e. The minimum absolute atomic E-state index is 0.0307. The third-order valence-electron chi connectivity index (χ3n) is 6.33. The maximum absolute atomic E-state index is 13.6. The Labute approximate surface area is 203 Å². The Morgan fingerprint density at radius 2 is 1.68 bits per heavy atom. The van der Waals surface area contributed by atoms with Gasteiger partial charge in [-0.05, 0) is 31.6 Å². The van der Waals surface area contributed by atoms with Crippen LogP contribution in [0.3, 0.4) is 0 Å². The summed E-state index contributed by atoms with van der Waals surface area (Å²) < 4.78 is 1.56. The summed E-state index contributed by atoms with van der Waals surface area (Å²) in [5, 5.41) is 2.77. The number of carbonyl (C=O) groups excluding carboxylic acids is 2. The highest BCUT2D eigenvalue weighted by atomic mass is 32.1. The van der Waals surface area contributed by atoms with E-state index in [0.29, 0.717) is 45.0 Å². The Bertz CT molecular complexity index is 1240. The van der Waals surface area contributed by atoms with Gasteiger partial charge in [-0.25, -0.2) is 0 Å². The van der Waals surface area contributed by atoms with Gasteiger partial charge in [0, 0.05) is 58.8 Å². The van der Waals surface area contributed by atoms with Gasteiger partial charge < -0.3 is 24.2 Å². The van der Waals surface area contributed by atoms with E-state index >= 15 is 0 Å². The summed E-state index contributed by atoms with van der Waals surface area (Å²) in [6.45, 7) is 3.39. The highest BCUT2D eigenvalue weighted by molar-refractivity contribution is 7.12. The lowest BCUT2D eigenvalue weighted by Crippen LogP contribution is -2.50. The van der Waals surface area contributed by atoms with Crippen LogP contribution in [0.15, 0.2) is 46.6 Å². The van der Waals surface area contributed by atoms with E-state index in [1.54, 1.807) is 23.6 Å². The minimum atomic E-state index is -0.299. The second kappa shape index (κ2) is 9.99. The van der Waals surface area contributed by atoms with E-state index < -0.39 is 0 Å². The van der Waals surface area contributed by atoms with E-state index in [-0.39, 0.29) is 22.9 Å². The minimum Gasteiger partial charge on any atom is -0.367 e. The number of aryl methyl sites for hydroxylation is 1. The molecule has 34 heavy (non-hydrogen) atoms. The molecule has 2 aromatic heterocycles. The van der Waals surface area contributed by atoms with Crippen LogP contribution in [-0.2, 0) is 7.05 Å². The molecule has 0 N–H and O–H groups in total. The molecule has 1 fully saturated rings. The predicted molar refractivity (Wildman–Crippen MR) is 137 cm³/mol. The fourth-order valence-electron chi connectivity index (χ4n) is 4.33. The first-order valence-electron chi connectivity index (χ1n) is 11.4. The van der Waals surface area contributed by atoms with Gasteiger partial charge in [0.05, 0.1) is 16.1 Å². The number of fused-ring (bicyclic) bond motifs is 1. The second-order valence-electron chi connectivity index (χ2n) is 8.89. The van der Waals surface area contributed by atoms with Crippen molar-refractivity contribution in [3.63, 3.8) is 0 Å². The van der Waals surface area contributed by atoms with E-state index in [4.69, 9.17) is 0 Å². The predicted octanol–water partition coefficient (Wildman–Crippen LogP) is 2.20. The molecule has 180 valence electrons. The third-order valence-corrected chi connectivity index (χ3v) is 7.19. The molecule has 8 nitrogen and oxygen atoms in total. The molecule has 0 unspecified atom stereocenters. The summed E-state index contributed by atoms with van der Waals surface area (Å²) in [5.74, 6) is -0.247. The molecule has 0 saturated carbocycles. The van der Waals surface area contributed by atoms with E-state index in [1.807, 2.05) is 65.7 Å². The molecule has 1 aliphatic heterocycles. The number of pyridine rings is 1. The summed E-state index contributed by atoms with van der Waals surface area (Å²) in [5.41, 5.74) is 1.35. The number of piperazine rings is 1. The molecule has 1 saturated heterocycles. The molecule has 3 aromatic rings. The molecular weight excluding hydrogens is 450 g/mol. The maximum atomic E-state index is 13.6. The van der Waals surface area contributed by atoms with Gasteiger partial charge in [-0.2, -0.15) is 0 Å². The van der Waals surface area contributed by atoms with Gasteiger partial charge in [0.2, 0.25) is 0 Å². The number of hydrogen-bond donors (Lipinski definition) is 0. The zero-order valence-electron chi connectivity index (χ0n) is 20.2. The summed E-state index contributed by atoms with van der Waals surface area (Å²) in [6, 6.07) is 11.4. The summed E-state index contributed by atoms with van der Waals surface area (Å²) in [7, 11) is 7.36. The first-order chi connectivity index (χ1) is 16.3. The molecule has 9 heteroatoms. The van der Waals surface area contributed by atoms with Crippen LogP contribution in [0.5, 0.6) is 0 Å². The largest absolute Gasteiger partial charge is 0.367 e. The number of hydrogen-bond acceptors (Lipinski definition) is 6. The fourth-order valence-corrected chi connectivity index (χ4v) is 5.02. The van der Waals surface area contributed by atoms with Gasteiger partial charge in [0.1, 0.15) is 5.56 Å². The van der Waals surface area contributed by atoms with Gasteiger partial charge >= 0.3 is 0 Å². The van der Waals surface area contributed by atoms with Crippen LogP contribution in [0.4, 0.5) is 5.69 Å². The van der Waals surface area contributed by atoms with Gasteiger partial charge in [-0.15, -0.1) is 11.3 Å². The van der Waals surface area contributed by atoms with Crippen molar-refractivity contribution in [3.05, 3.63) is 62.6 Å². The lowest BCUT2D eigenvalue weighted by atomic mass is 10.0. The molecule has 3 heterocycles. The van der Waals surface area contributed by atoms with Crippen molar-refractivity contribution < 1.29 is 9.59 Å². The summed E-state index contributed by atoms with van der Waals surface area (Å²) >= 11 is 1.44. The monoisotopic (exact) mass is 481 g/mol. The van der Waals surface area contributed by atoms with Crippen molar-refractivity contribution in [1.29, 1.82) is 0 Å². The quantitative estimate of drug-likeness (QED) is 0.540. The molecule has 0 spiro atoms.